The van der Waals surface area contributed by atoms with E-state index in [1.54, 1.807) is 13.8 Å². The summed E-state index contributed by atoms with van der Waals surface area (Å²) >= 11 is 3.37. The first-order valence-electron chi connectivity index (χ1n) is 7.82. The Hall–Kier alpha value is -2.55. The van der Waals surface area contributed by atoms with Gasteiger partial charge in [-0.2, -0.15) is 4.68 Å². The van der Waals surface area contributed by atoms with Crippen LogP contribution < -0.4 is 5.56 Å². The summed E-state index contributed by atoms with van der Waals surface area (Å²) in [6.07, 6.45) is 1.75. The van der Waals surface area contributed by atoms with Crippen molar-refractivity contribution in [3.63, 3.8) is 0 Å². The molecule has 0 saturated heterocycles. The zero-order valence-electron chi connectivity index (χ0n) is 13.7. The number of aromatic nitrogens is 5. The van der Waals surface area contributed by atoms with Crippen molar-refractivity contribution in [3.8, 4) is 5.69 Å². The van der Waals surface area contributed by atoms with E-state index in [0.29, 0.717) is 12.1 Å². The Morgan fingerprint density at radius 1 is 1.28 bits per heavy atom. The Bertz CT molecular complexity index is 964. The molecule has 3 rings (SSSR count). The number of benzene rings is 1. The Labute approximate surface area is 151 Å². The molecule has 0 fully saturated rings. The maximum atomic E-state index is 12.7. The van der Waals surface area contributed by atoms with Crippen molar-refractivity contribution in [2.75, 3.05) is 6.61 Å². The average molecular weight is 406 g/mol. The van der Waals surface area contributed by atoms with Crippen LogP contribution in [0.3, 0.4) is 0 Å². The standard InChI is InChI=1S/C16H16BrN5O3/c1-3-12(16(24)25-4-2)21-9-18-14-13(15(21)23)19-20-22(14)11-7-5-10(17)6-8-11/h5-9,12H,3-4H2,1-2H3/t12-/m1/s1. The highest BCUT2D eigenvalue weighted by molar-refractivity contribution is 9.10. The summed E-state index contributed by atoms with van der Waals surface area (Å²) in [4.78, 5) is 29.1. The normalized spacial score (nSPS) is 12.3. The van der Waals surface area contributed by atoms with Crippen LogP contribution in [-0.4, -0.2) is 37.1 Å². The van der Waals surface area contributed by atoms with Crippen LogP contribution in [0.1, 0.15) is 26.3 Å². The van der Waals surface area contributed by atoms with E-state index in [4.69, 9.17) is 4.74 Å². The summed E-state index contributed by atoms with van der Waals surface area (Å²) < 4.78 is 8.69. The van der Waals surface area contributed by atoms with E-state index < -0.39 is 17.6 Å². The number of fused-ring (bicyclic) bond motifs is 1. The van der Waals surface area contributed by atoms with Gasteiger partial charge in [0.1, 0.15) is 12.4 Å². The zero-order valence-corrected chi connectivity index (χ0v) is 15.3. The van der Waals surface area contributed by atoms with Crippen molar-refractivity contribution in [3.05, 3.63) is 45.4 Å². The van der Waals surface area contributed by atoms with Crippen molar-refractivity contribution >= 4 is 33.1 Å². The molecule has 0 radical (unpaired) electrons. The molecule has 0 spiro atoms. The van der Waals surface area contributed by atoms with Crippen LogP contribution in [0.4, 0.5) is 0 Å². The summed E-state index contributed by atoms with van der Waals surface area (Å²) in [5.41, 5.74) is 0.747. The van der Waals surface area contributed by atoms with Gasteiger partial charge in [0.05, 0.1) is 12.3 Å². The van der Waals surface area contributed by atoms with E-state index in [1.165, 1.54) is 15.6 Å². The Kier molecular flexibility index (Phi) is 4.93. The lowest BCUT2D eigenvalue weighted by atomic mass is 10.2. The molecule has 1 atom stereocenters. The van der Waals surface area contributed by atoms with Crippen LogP contribution in [0.5, 0.6) is 0 Å². The minimum atomic E-state index is -0.734. The topological polar surface area (TPSA) is 91.9 Å². The number of hydrogen-bond acceptors (Lipinski definition) is 6. The van der Waals surface area contributed by atoms with Gasteiger partial charge in [0.2, 0.25) is 0 Å². The lowest BCUT2D eigenvalue weighted by Crippen LogP contribution is -2.31. The van der Waals surface area contributed by atoms with E-state index >= 15 is 0 Å². The van der Waals surface area contributed by atoms with Crippen LogP contribution in [-0.2, 0) is 9.53 Å². The lowest BCUT2D eigenvalue weighted by Gasteiger charge is -2.15. The van der Waals surface area contributed by atoms with Gasteiger partial charge in [-0.15, -0.1) is 5.10 Å². The number of carbonyl (C=O) groups is 1. The van der Waals surface area contributed by atoms with Crippen LogP contribution in [0.25, 0.3) is 16.9 Å². The van der Waals surface area contributed by atoms with Crippen LogP contribution >= 0.6 is 15.9 Å². The van der Waals surface area contributed by atoms with Crippen LogP contribution in [0, 0.1) is 0 Å². The van der Waals surface area contributed by atoms with E-state index in [2.05, 4.69) is 31.2 Å². The van der Waals surface area contributed by atoms with Gasteiger partial charge in [0, 0.05) is 4.47 Å². The van der Waals surface area contributed by atoms with Crippen LogP contribution in [0.2, 0.25) is 0 Å². The maximum Gasteiger partial charge on any atom is 0.329 e. The minimum Gasteiger partial charge on any atom is -0.464 e. The highest BCUT2D eigenvalue weighted by atomic mass is 79.9. The Morgan fingerprint density at radius 3 is 2.64 bits per heavy atom. The first-order chi connectivity index (χ1) is 12.1. The molecule has 0 bridgehead atoms. The van der Waals surface area contributed by atoms with Gasteiger partial charge in [-0.1, -0.05) is 28.1 Å². The Morgan fingerprint density at radius 2 is 2.00 bits per heavy atom. The molecule has 0 amide bonds. The monoisotopic (exact) mass is 405 g/mol. The lowest BCUT2D eigenvalue weighted by molar-refractivity contribution is -0.147. The quantitative estimate of drug-likeness (QED) is 0.604. The number of esters is 1. The minimum absolute atomic E-state index is 0.105. The van der Waals surface area contributed by atoms with E-state index in [9.17, 15) is 9.59 Å². The first kappa shape index (κ1) is 17.3. The predicted molar refractivity (Wildman–Crippen MR) is 94.6 cm³/mol. The van der Waals surface area contributed by atoms with Crippen molar-refractivity contribution in [1.82, 2.24) is 24.5 Å². The van der Waals surface area contributed by atoms with E-state index in [-0.39, 0.29) is 12.1 Å². The van der Waals surface area contributed by atoms with Gasteiger partial charge in [-0.3, -0.25) is 9.36 Å². The SMILES string of the molecule is CCOC(=O)[C@@H](CC)n1cnc2c(nnn2-c2ccc(Br)cc2)c1=O. The molecule has 1 aromatic carbocycles. The molecule has 2 aromatic heterocycles. The van der Waals surface area contributed by atoms with Crippen LogP contribution in [0.15, 0.2) is 39.9 Å². The van der Waals surface area contributed by atoms with Gasteiger partial charge in [-0.05, 0) is 37.6 Å². The third kappa shape index (κ3) is 3.19. The second kappa shape index (κ2) is 7.14. The molecule has 0 aliphatic heterocycles. The molecule has 2 heterocycles. The molecular weight excluding hydrogens is 390 g/mol. The molecule has 3 aromatic rings. The second-order valence-electron chi connectivity index (χ2n) is 5.28. The first-order valence-corrected chi connectivity index (χ1v) is 8.61. The third-order valence-corrected chi connectivity index (χ3v) is 4.27. The van der Waals surface area contributed by atoms with E-state index in [0.717, 1.165) is 10.2 Å². The van der Waals surface area contributed by atoms with Crippen molar-refractivity contribution in [1.29, 1.82) is 0 Å². The molecule has 0 aliphatic rings. The summed E-state index contributed by atoms with van der Waals surface area (Å²) in [7, 11) is 0. The molecular formula is C16H16BrN5O3. The summed E-state index contributed by atoms with van der Waals surface area (Å²) in [5.74, 6) is -0.464. The highest BCUT2D eigenvalue weighted by Crippen LogP contribution is 2.17. The Balaban J connectivity index is 2.09. The number of hydrogen-bond donors (Lipinski definition) is 0. The molecule has 0 saturated carbocycles. The van der Waals surface area contributed by atoms with Gasteiger partial charge in [0.25, 0.3) is 5.56 Å². The fraction of sp³-hybridized carbons (Fsp3) is 0.312. The molecule has 0 aliphatic carbocycles. The number of ether oxygens (including phenoxy) is 1. The molecule has 0 N–H and O–H groups in total. The molecule has 130 valence electrons. The fourth-order valence-electron chi connectivity index (χ4n) is 2.52. The van der Waals surface area contributed by atoms with Gasteiger partial charge < -0.3 is 4.74 Å². The van der Waals surface area contributed by atoms with Gasteiger partial charge in [-0.25, -0.2) is 9.78 Å². The third-order valence-electron chi connectivity index (χ3n) is 3.74. The second-order valence-corrected chi connectivity index (χ2v) is 6.20. The number of nitrogens with zero attached hydrogens (tertiary/aromatic N) is 5. The zero-order chi connectivity index (χ0) is 18.0. The van der Waals surface area contributed by atoms with Crippen molar-refractivity contribution < 1.29 is 9.53 Å². The number of carbonyl (C=O) groups excluding carboxylic acids is 1. The summed E-state index contributed by atoms with van der Waals surface area (Å²) in [5, 5.41) is 7.98. The highest BCUT2D eigenvalue weighted by Gasteiger charge is 2.23. The fourth-order valence-corrected chi connectivity index (χ4v) is 2.78. The number of rotatable bonds is 5. The molecule has 9 heteroatoms. The predicted octanol–water partition coefficient (Wildman–Crippen LogP) is 2.25. The van der Waals surface area contributed by atoms with E-state index in [1.807, 2.05) is 24.3 Å². The van der Waals surface area contributed by atoms with Crippen molar-refractivity contribution in [2.24, 2.45) is 0 Å². The number of halogens is 1. The maximum absolute atomic E-state index is 12.7. The van der Waals surface area contributed by atoms with Gasteiger partial charge in [0.15, 0.2) is 11.2 Å². The summed E-state index contributed by atoms with van der Waals surface area (Å²) in [6.45, 7) is 3.77. The van der Waals surface area contributed by atoms with Crippen molar-refractivity contribution in [2.45, 2.75) is 26.3 Å². The largest absolute Gasteiger partial charge is 0.464 e. The molecule has 25 heavy (non-hydrogen) atoms. The average Bonchev–Trinajstić information content (AvgIpc) is 3.03. The summed E-state index contributed by atoms with van der Waals surface area (Å²) in [6, 6.07) is 6.65. The molecule has 0 unspecified atom stereocenters. The molecule has 8 nitrogen and oxygen atoms in total. The van der Waals surface area contributed by atoms with Gasteiger partial charge >= 0.3 is 5.97 Å². The smallest absolute Gasteiger partial charge is 0.329 e.